The van der Waals surface area contributed by atoms with Crippen LogP contribution in [0.25, 0.3) is 0 Å². The number of hydrogen-bond donors (Lipinski definition) is 4. The molecule has 13 heteroatoms. The smallest absolute Gasteiger partial charge is 0.507 e. The van der Waals surface area contributed by atoms with Crippen LogP contribution in [-0.4, -0.2) is 39.5 Å². The summed E-state index contributed by atoms with van der Waals surface area (Å²) in [6.45, 7) is 3.31. The number of fused-ring (bicyclic) bond motifs is 4. The normalized spacial score (nSPS) is 13.7. The van der Waals surface area contributed by atoms with Gasteiger partial charge in [-0.15, -0.1) is 0 Å². The Hall–Kier alpha value is -7.93. The first-order valence-corrected chi connectivity index (χ1v) is 17.9. The van der Waals surface area contributed by atoms with E-state index in [1.807, 2.05) is 0 Å². The minimum absolute atomic E-state index is 0.0197. The molecule has 0 bridgehead atoms. The summed E-state index contributed by atoms with van der Waals surface area (Å²) in [6.07, 6.45) is -2.41. The maximum absolute atomic E-state index is 13.3. The molecule has 6 aromatic carbocycles. The molecule has 13 nitrogen and oxygen atoms in total. The summed E-state index contributed by atoms with van der Waals surface area (Å²) in [7, 11) is 0. The van der Waals surface area contributed by atoms with E-state index in [0.717, 1.165) is 0 Å². The zero-order valence-corrected chi connectivity index (χ0v) is 30.8. The number of aromatic hydroxyl groups is 2. The van der Waals surface area contributed by atoms with Gasteiger partial charge in [0.2, 0.25) is 0 Å². The molecular weight excluding hydrogens is 744 g/mol. The Labute approximate surface area is 330 Å². The average Bonchev–Trinajstić information content (AvgIpc) is 3.21. The van der Waals surface area contributed by atoms with Crippen molar-refractivity contribution in [3.8, 4) is 34.5 Å². The Kier molecular flexibility index (Phi) is 9.12. The lowest BCUT2D eigenvalue weighted by Crippen LogP contribution is -2.22. The van der Waals surface area contributed by atoms with Crippen LogP contribution in [0, 0.1) is 0 Å². The lowest BCUT2D eigenvalue weighted by molar-refractivity contribution is 0.00622. The van der Waals surface area contributed by atoms with E-state index in [-0.39, 0.29) is 67.4 Å². The number of nitrogen functional groups attached to an aromatic ring is 2. The molecule has 8 rings (SSSR count). The minimum atomic E-state index is -0.933. The van der Waals surface area contributed by atoms with Crippen LogP contribution in [0.3, 0.4) is 0 Å². The van der Waals surface area contributed by atoms with Crippen molar-refractivity contribution in [1.82, 2.24) is 0 Å². The number of ketones is 4. The Morgan fingerprint density at radius 1 is 0.500 bits per heavy atom. The average molecular weight is 777 g/mol. The maximum Gasteiger partial charge on any atom is 0.509 e. The van der Waals surface area contributed by atoms with Gasteiger partial charge in [0.25, 0.3) is 0 Å². The summed E-state index contributed by atoms with van der Waals surface area (Å²) in [4.78, 5) is 65.5. The summed E-state index contributed by atoms with van der Waals surface area (Å²) in [5.74, 6) is -2.37. The number of carbonyl (C=O) groups excluding carboxylic acids is 5. The highest BCUT2D eigenvalue weighted by Gasteiger charge is 2.37. The predicted octanol–water partition coefficient (Wildman–Crippen LogP) is 8.37. The number of anilines is 2. The van der Waals surface area contributed by atoms with Crippen LogP contribution in [0.5, 0.6) is 34.5 Å². The van der Waals surface area contributed by atoms with Crippen LogP contribution in [0.2, 0.25) is 0 Å². The molecule has 0 heterocycles. The highest BCUT2D eigenvalue weighted by molar-refractivity contribution is 6.32. The molecule has 6 N–H and O–H groups in total. The Morgan fingerprint density at radius 3 is 1.14 bits per heavy atom. The largest absolute Gasteiger partial charge is 0.509 e. The summed E-state index contributed by atoms with van der Waals surface area (Å²) in [6, 6.07) is 27.9. The molecular formula is C45H32N2O11. The molecule has 0 saturated heterocycles. The Balaban J connectivity index is 0.889. The molecule has 0 fully saturated rings. The highest BCUT2D eigenvalue weighted by Crippen LogP contribution is 2.44. The van der Waals surface area contributed by atoms with Gasteiger partial charge in [-0.25, -0.2) is 4.79 Å². The van der Waals surface area contributed by atoms with Crippen molar-refractivity contribution in [2.75, 3.05) is 11.5 Å². The van der Waals surface area contributed by atoms with Crippen LogP contribution >= 0.6 is 0 Å². The first-order chi connectivity index (χ1) is 27.8. The monoisotopic (exact) mass is 776 g/mol. The lowest BCUT2D eigenvalue weighted by atomic mass is 9.82. The van der Waals surface area contributed by atoms with E-state index >= 15 is 0 Å². The second-order valence-corrected chi connectivity index (χ2v) is 13.6. The summed E-state index contributed by atoms with van der Waals surface area (Å²) in [5, 5.41) is 21.5. The first-order valence-electron chi connectivity index (χ1n) is 17.9. The number of benzene rings is 6. The molecule has 2 aliphatic carbocycles. The highest BCUT2D eigenvalue weighted by atomic mass is 16.7. The third-order valence-electron chi connectivity index (χ3n) is 10.1. The van der Waals surface area contributed by atoms with Gasteiger partial charge in [-0.3, -0.25) is 19.2 Å². The lowest BCUT2D eigenvalue weighted by Gasteiger charge is -2.22. The number of carbonyl (C=O) groups is 5. The van der Waals surface area contributed by atoms with Crippen molar-refractivity contribution in [2.45, 2.75) is 26.1 Å². The molecule has 2 atom stereocenters. The Morgan fingerprint density at radius 2 is 0.810 bits per heavy atom. The fraction of sp³-hybridized carbons (Fsp3) is 0.0889. The van der Waals surface area contributed by atoms with Gasteiger partial charge in [0.15, 0.2) is 34.6 Å². The van der Waals surface area contributed by atoms with Crippen LogP contribution < -0.4 is 20.9 Å². The van der Waals surface area contributed by atoms with Gasteiger partial charge in [-0.2, -0.15) is 0 Å². The van der Waals surface area contributed by atoms with E-state index in [1.54, 1.807) is 86.6 Å². The van der Waals surface area contributed by atoms with E-state index in [9.17, 15) is 34.2 Å². The molecule has 6 aromatic rings. The minimum Gasteiger partial charge on any atom is -0.507 e. The molecule has 0 amide bonds. The van der Waals surface area contributed by atoms with E-state index in [1.165, 1.54) is 36.4 Å². The van der Waals surface area contributed by atoms with Crippen LogP contribution in [0.15, 0.2) is 109 Å². The quantitative estimate of drug-likeness (QED) is 0.0649. The molecule has 58 heavy (non-hydrogen) atoms. The SMILES string of the molecule is CC(OC(=O)OC(C)c1ccc(Oc2cc(O)c3c(c2N)C(=O)c2ccccc2C3=O)cc1)c1ccc(Oc2cc(O)c3c(c2N)C(=O)c2ccccc2C3=O)cc1. The molecule has 288 valence electrons. The maximum atomic E-state index is 13.3. The molecule has 0 aromatic heterocycles. The van der Waals surface area contributed by atoms with E-state index < -0.39 is 53.0 Å². The predicted molar refractivity (Wildman–Crippen MR) is 209 cm³/mol. The summed E-state index contributed by atoms with van der Waals surface area (Å²) in [5.41, 5.74) is 13.7. The van der Waals surface area contributed by atoms with Crippen molar-refractivity contribution in [3.05, 3.63) is 165 Å². The van der Waals surface area contributed by atoms with Gasteiger partial charge < -0.3 is 40.6 Å². The number of ether oxygens (including phenoxy) is 4. The van der Waals surface area contributed by atoms with Crippen molar-refractivity contribution < 1.29 is 53.1 Å². The summed E-state index contributed by atoms with van der Waals surface area (Å²) < 4.78 is 22.8. The van der Waals surface area contributed by atoms with Crippen molar-refractivity contribution in [3.63, 3.8) is 0 Å². The van der Waals surface area contributed by atoms with Crippen LogP contribution in [-0.2, 0) is 9.47 Å². The molecule has 2 aliphatic rings. The van der Waals surface area contributed by atoms with Gasteiger partial charge in [-0.05, 0) is 49.2 Å². The zero-order chi connectivity index (χ0) is 41.0. The van der Waals surface area contributed by atoms with Gasteiger partial charge in [0.1, 0.15) is 35.2 Å². The number of phenols is 2. The van der Waals surface area contributed by atoms with Crippen molar-refractivity contribution >= 4 is 40.7 Å². The second kappa shape index (κ2) is 14.3. The topological polar surface area (TPSA) is 215 Å². The molecule has 0 spiro atoms. The fourth-order valence-corrected chi connectivity index (χ4v) is 7.04. The van der Waals surface area contributed by atoms with E-state index in [4.69, 9.17) is 30.4 Å². The number of rotatable bonds is 8. The zero-order valence-electron chi connectivity index (χ0n) is 30.8. The number of nitrogens with two attached hydrogens (primary N) is 2. The second-order valence-electron chi connectivity index (χ2n) is 13.6. The van der Waals surface area contributed by atoms with E-state index in [2.05, 4.69) is 0 Å². The molecule has 2 unspecified atom stereocenters. The van der Waals surface area contributed by atoms with E-state index in [0.29, 0.717) is 22.6 Å². The Bertz CT molecular complexity index is 2550. The fourth-order valence-electron chi connectivity index (χ4n) is 7.04. The standard InChI is InChI=1S/C45H32N2O11/c1-21(23-11-15-25(16-12-23)57-33-19-31(48)35-37(39(33)46)43(52)29-9-5-3-7-27(29)41(35)50)55-45(54)56-22(2)24-13-17-26(18-14-24)58-34-20-32(49)36-38(40(34)47)44(53)30-10-6-4-8-28(30)42(36)51/h3-22,48-49H,46-47H2,1-2H3. The van der Waals surface area contributed by atoms with Gasteiger partial charge in [0, 0.05) is 34.4 Å². The van der Waals surface area contributed by atoms with Crippen molar-refractivity contribution in [1.29, 1.82) is 0 Å². The van der Waals surface area contributed by atoms with Crippen LogP contribution in [0.1, 0.15) is 101 Å². The van der Waals surface area contributed by atoms with Crippen LogP contribution in [0.4, 0.5) is 16.2 Å². The number of phenolic OH excluding ortho intramolecular Hbond substituents is 2. The first kappa shape index (κ1) is 37.0. The van der Waals surface area contributed by atoms with Crippen molar-refractivity contribution in [2.24, 2.45) is 0 Å². The third-order valence-corrected chi connectivity index (χ3v) is 10.1. The third kappa shape index (κ3) is 6.30. The summed E-state index contributed by atoms with van der Waals surface area (Å²) >= 11 is 0. The molecule has 0 saturated carbocycles. The number of hydrogen-bond acceptors (Lipinski definition) is 13. The molecule has 0 radical (unpaired) electrons. The van der Waals surface area contributed by atoms with Gasteiger partial charge in [0.05, 0.1) is 33.6 Å². The van der Waals surface area contributed by atoms with Gasteiger partial charge in [-0.1, -0.05) is 72.8 Å². The molecule has 0 aliphatic heterocycles. The van der Waals surface area contributed by atoms with Gasteiger partial charge >= 0.3 is 6.16 Å².